The third-order valence-corrected chi connectivity index (χ3v) is 4.85. The number of aromatic nitrogens is 2. The van der Waals surface area contributed by atoms with Crippen LogP contribution in [0.15, 0.2) is 60.8 Å². The van der Waals surface area contributed by atoms with Crippen LogP contribution in [-0.4, -0.2) is 61.2 Å². The molecule has 2 aromatic carbocycles. The van der Waals surface area contributed by atoms with E-state index in [1.54, 1.807) is 7.11 Å². The Balaban J connectivity index is 0.00000240. The Hall–Kier alpha value is -2.54. The molecule has 1 aliphatic heterocycles. The minimum atomic E-state index is 0. The Morgan fingerprint density at radius 1 is 1.00 bits per heavy atom. The van der Waals surface area contributed by atoms with Gasteiger partial charge in [0.15, 0.2) is 0 Å². The van der Waals surface area contributed by atoms with Gasteiger partial charge in [0.25, 0.3) is 0 Å². The lowest BCUT2D eigenvalue weighted by atomic mass is 10.1. The van der Waals surface area contributed by atoms with E-state index < -0.39 is 0 Å². The molecular weight excluding hydrogens is 390 g/mol. The average molecular weight is 416 g/mol. The van der Waals surface area contributed by atoms with Crippen molar-refractivity contribution in [3.8, 4) is 28.4 Å². The number of benzene rings is 2. The maximum absolute atomic E-state index is 6.11. The Morgan fingerprint density at radius 3 is 2.41 bits per heavy atom. The molecule has 1 aliphatic rings. The number of morpholine rings is 1. The average Bonchev–Trinajstić information content (AvgIpc) is 3.19. The standard InChI is InChI=1S/C22H25N3O3.ClH/c1-26-20-9-7-18(8-10-20)21-17-25(19-5-3-2-4-6-19)23-22(21)28-16-13-24-11-14-27-15-12-24;/h2-10,17H,11-16H2,1H3;1H. The Kier molecular flexibility index (Phi) is 7.52. The minimum absolute atomic E-state index is 0. The van der Waals surface area contributed by atoms with Crippen LogP contribution in [-0.2, 0) is 4.74 Å². The van der Waals surface area contributed by atoms with Crippen molar-refractivity contribution in [1.29, 1.82) is 0 Å². The van der Waals surface area contributed by atoms with Crippen LogP contribution in [0.3, 0.4) is 0 Å². The predicted octanol–water partition coefficient (Wildman–Crippen LogP) is 3.68. The van der Waals surface area contributed by atoms with Crippen LogP contribution < -0.4 is 9.47 Å². The van der Waals surface area contributed by atoms with Crippen molar-refractivity contribution in [2.75, 3.05) is 46.6 Å². The van der Waals surface area contributed by atoms with Crippen LogP contribution in [0.25, 0.3) is 16.8 Å². The molecule has 0 spiro atoms. The van der Waals surface area contributed by atoms with Crippen LogP contribution in [0.4, 0.5) is 0 Å². The molecule has 0 radical (unpaired) electrons. The molecule has 0 atom stereocenters. The van der Waals surface area contributed by atoms with E-state index in [1.165, 1.54) is 0 Å². The highest BCUT2D eigenvalue weighted by molar-refractivity contribution is 5.85. The number of halogens is 1. The first kappa shape index (κ1) is 21.2. The van der Waals surface area contributed by atoms with Gasteiger partial charge >= 0.3 is 0 Å². The highest BCUT2D eigenvalue weighted by Gasteiger charge is 2.15. The number of ether oxygens (including phenoxy) is 3. The lowest BCUT2D eigenvalue weighted by molar-refractivity contribution is 0.0320. The van der Waals surface area contributed by atoms with Crippen LogP contribution in [0.2, 0.25) is 0 Å². The number of nitrogens with zero attached hydrogens (tertiary/aromatic N) is 3. The van der Waals surface area contributed by atoms with Gasteiger partial charge in [0.1, 0.15) is 12.4 Å². The molecule has 1 fully saturated rings. The number of methoxy groups -OCH3 is 1. The molecular formula is C22H26ClN3O3. The van der Waals surface area contributed by atoms with Gasteiger partial charge in [-0.1, -0.05) is 30.3 Å². The normalized spacial score (nSPS) is 14.2. The number of rotatable bonds is 7. The quantitative estimate of drug-likeness (QED) is 0.589. The Bertz CT molecular complexity index is 878. The van der Waals surface area contributed by atoms with E-state index in [1.807, 2.05) is 65.5 Å². The van der Waals surface area contributed by atoms with Crippen molar-refractivity contribution in [1.82, 2.24) is 14.7 Å². The molecule has 7 heteroatoms. The molecule has 0 amide bonds. The maximum atomic E-state index is 6.11. The second kappa shape index (κ2) is 10.3. The van der Waals surface area contributed by atoms with Gasteiger partial charge in [-0.25, -0.2) is 4.68 Å². The summed E-state index contributed by atoms with van der Waals surface area (Å²) >= 11 is 0. The van der Waals surface area contributed by atoms with Gasteiger partial charge < -0.3 is 14.2 Å². The fraction of sp³-hybridized carbons (Fsp3) is 0.318. The third kappa shape index (κ3) is 5.29. The number of hydrogen-bond acceptors (Lipinski definition) is 5. The molecule has 1 aromatic heterocycles. The van der Waals surface area contributed by atoms with Crippen molar-refractivity contribution in [3.05, 3.63) is 60.8 Å². The topological polar surface area (TPSA) is 48.8 Å². The van der Waals surface area contributed by atoms with E-state index in [4.69, 9.17) is 19.3 Å². The van der Waals surface area contributed by atoms with Gasteiger partial charge in [-0.05, 0) is 29.8 Å². The predicted molar refractivity (Wildman–Crippen MR) is 116 cm³/mol. The monoisotopic (exact) mass is 415 g/mol. The first-order chi connectivity index (χ1) is 13.8. The zero-order valence-corrected chi connectivity index (χ0v) is 17.3. The molecule has 6 nitrogen and oxygen atoms in total. The largest absolute Gasteiger partial charge is 0.497 e. The van der Waals surface area contributed by atoms with Crippen LogP contribution in [0.1, 0.15) is 0 Å². The minimum Gasteiger partial charge on any atom is -0.497 e. The molecule has 0 aliphatic carbocycles. The highest BCUT2D eigenvalue weighted by atomic mass is 35.5. The molecule has 154 valence electrons. The highest BCUT2D eigenvalue weighted by Crippen LogP contribution is 2.31. The van der Waals surface area contributed by atoms with Crippen molar-refractivity contribution in [3.63, 3.8) is 0 Å². The van der Waals surface area contributed by atoms with E-state index in [-0.39, 0.29) is 12.4 Å². The third-order valence-electron chi connectivity index (χ3n) is 4.85. The summed E-state index contributed by atoms with van der Waals surface area (Å²) in [7, 11) is 1.67. The summed E-state index contributed by atoms with van der Waals surface area (Å²) in [6.45, 7) is 4.94. The molecule has 2 heterocycles. The van der Waals surface area contributed by atoms with Crippen molar-refractivity contribution >= 4 is 12.4 Å². The van der Waals surface area contributed by atoms with Crippen LogP contribution >= 0.6 is 12.4 Å². The molecule has 0 N–H and O–H groups in total. The summed E-state index contributed by atoms with van der Waals surface area (Å²) < 4.78 is 18.7. The molecule has 0 unspecified atom stereocenters. The lowest BCUT2D eigenvalue weighted by Gasteiger charge is -2.26. The summed E-state index contributed by atoms with van der Waals surface area (Å²) in [5.74, 6) is 1.47. The Morgan fingerprint density at radius 2 is 1.72 bits per heavy atom. The van der Waals surface area contributed by atoms with Crippen LogP contribution in [0, 0.1) is 0 Å². The Labute approximate surface area is 177 Å². The summed E-state index contributed by atoms with van der Waals surface area (Å²) in [6, 6.07) is 18.0. The van der Waals surface area contributed by atoms with Gasteiger partial charge in [-0.15, -0.1) is 17.5 Å². The maximum Gasteiger partial charge on any atom is 0.241 e. The zero-order chi connectivity index (χ0) is 19.2. The number of hydrogen-bond donors (Lipinski definition) is 0. The van der Waals surface area contributed by atoms with E-state index in [0.29, 0.717) is 12.5 Å². The summed E-state index contributed by atoms with van der Waals surface area (Å²) in [4.78, 5) is 2.35. The van der Waals surface area contributed by atoms with E-state index >= 15 is 0 Å². The van der Waals surface area contributed by atoms with Crippen molar-refractivity contribution in [2.45, 2.75) is 0 Å². The van der Waals surface area contributed by atoms with Gasteiger partial charge in [-0.2, -0.15) is 0 Å². The van der Waals surface area contributed by atoms with E-state index in [9.17, 15) is 0 Å². The fourth-order valence-corrected chi connectivity index (χ4v) is 3.24. The van der Waals surface area contributed by atoms with Gasteiger partial charge in [0.2, 0.25) is 5.88 Å². The summed E-state index contributed by atoms with van der Waals surface area (Å²) in [6.07, 6.45) is 2.02. The first-order valence-electron chi connectivity index (χ1n) is 9.56. The second-order valence-electron chi connectivity index (χ2n) is 6.66. The zero-order valence-electron chi connectivity index (χ0n) is 16.5. The number of para-hydroxylation sites is 1. The molecule has 29 heavy (non-hydrogen) atoms. The first-order valence-corrected chi connectivity index (χ1v) is 9.56. The molecule has 3 aromatic rings. The smallest absolute Gasteiger partial charge is 0.241 e. The fourth-order valence-electron chi connectivity index (χ4n) is 3.24. The SMILES string of the molecule is COc1ccc(-c2cn(-c3ccccc3)nc2OCCN2CCOCC2)cc1.Cl. The lowest BCUT2D eigenvalue weighted by Crippen LogP contribution is -2.38. The van der Waals surface area contributed by atoms with E-state index in [2.05, 4.69) is 4.90 Å². The van der Waals surface area contributed by atoms with Crippen molar-refractivity contribution in [2.24, 2.45) is 0 Å². The van der Waals surface area contributed by atoms with Gasteiger partial charge in [0, 0.05) is 25.8 Å². The van der Waals surface area contributed by atoms with Gasteiger partial charge in [-0.3, -0.25) is 4.90 Å². The molecule has 0 saturated carbocycles. The molecule has 4 rings (SSSR count). The van der Waals surface area contributed by atoms with Crippen molar-refractivity contribution < 1.29 is 14.2 Å². The van der Waals surface area contributed by atoms with Gasteiger partial charge in [0.05, 0.1) is 31.6 Å². The molecule has 1 saturated heterocycles. The summed E-state index contributed by atoms with van der Waals surface area (Å²) in [5.41, 5.74) is 3.01. The summed E-state index contributed by atoms with van der Waals surface area (Å²) in [5, 5.41) is 4.70. The van der Waals surface area contributed by atoms with E-state index in [0.717, 1.165) is 55.4 Å². The van der Waals surface area contributed by atoms with Crippen LogP contribution in [0.5, 0.6) is 11.6 Å². The second-order valence-corrected chi connectivity index (χ2v) is 6.66. The molecule has 0 bridgehead atoms.